The summed E-state index contributed by atoms with van der Waals surface area (Å²) in [4.78, 5) is 16.3. The van der Waals surface area contributed by atoms with Gasteiger partial charge in [0.2, 0.25) is 0 Å². The maximum absolute atomic E-state index is 12.0. The van der Waals surface area contributed by atoms with Crippen molar-refractivity contribution in [1.82, 2.24) is 19.9 Å². The zero-order valence-electron chi connectivity index (χ0n) is 14.5. The van der Waals surface area contributed by atoms with E-state index >= 15 is 0 Å². The molecule has 0 radical (unpaired) electrons. The maximum Gasteiger partial charge on any atom is 0.320 e. The highest BCUT2D eigenvalue weighted by Gasteiger charge is 2.09. The highest BCUT2D eigenvalue weighted by Crippen LogP contribution is 2.22. The molecule has 0 bridgehead atoms. The number of carbonyl (C=O) groups is 1. The molecule has 2 N–H and O–H groups in total. The number of nitrogens with zero attached hydrogens (tertiary/aromatic N) is 3. The smallest absolute Gasteiger partial charge is 0.320 e. The molecule has 0 saturated heterocycles. The fourth-order valence-corrected chi connectivity index (χ4v) is 2.62. The van der Waals surface area contributed by atoms with Gasteiger partial charge in [-0.3, -0.25) is 5.32 Å². The number of urea groups is 1. The van der Waals surface area contributed by atoms with E-state index in [0.29, 0.717) is 23.8 Å². The Labute approximate surface area is 154 Å². The summed E-state index contributed by atoms with van der Waals surface area (Å²) in [6.07, 6.45) is 3.22. The van der Waals surface area contributed by atoms with E-state index in [1.165, 1.54) is 0 Å². The van der Waals surface area contributed by atoms with Crippen LogP contribution in [0.1, 0.15) is 5.76 Å². The molecule has 0 aliphatic heterocycles. The molecule has 8 nitrogen and oxygen atoms in total. The Hall–Kier alpha value is -3.81. The second-order valence-corrected chi connectivity index (χ2v) is 5.77. The first-order chi connectivity index (χ1) is 13.2. The van der Waals surface area contributed by atoms with Gasteiger partial charge >= 0.3 is 6.03 Å². The van der Waals surface area contributed by atoms with Gasteiger partial charge in [0, 0.05) is 5.56 Å². The summed E-state index contributed by atoms with van der Waals surface area (Å²) >= 11 is 0. The molecule has 4 rings (SSSR count). The summed E-state index contributed by atoms with van der Waals surface area (Å²) in [5, 5.41) is 9.94. The largest absolute Gasteiger partial charge is 0.497 e. The van der Waals surface area contributed by atoms with Crippen LogP contribution in [0, 0.1) is 0 Å². The van der Waals surface area contributed by atoms with Gasteiger partial charge in [0.05, 0.1) is 31.8 Å². The van der Waals surface area contributed by atoms with Crippen LogP contribution in [0.3, 0.4) is 0 Å². The van der Waals surface area contributed by atoms with E-state index in [4.69, 9.17) is 9.15 Å². The van der Waals surface area contributed by atoms with E-state index in [1.54, 1.807) is 36.2 Å². The lowest BCUT2D eigenvalue weighted by molar-refractivity contribution is 0.250. The van der Waals surface area contributed by atoms with E-state index in [0.717, 1.165) is 17.0 Å². The van der Waals surface area contributed by atoms with Crippen LogP contribution in [-0.2, 0) is 6.54 Å². The predicted octanol–water partition coefficient (Wildman–Crippen LogP) is 3.32. The van der Waals surface area contributed by atoms with Gasteiger partial charge in [-0.15, -0.1) is 0 Å². The standard InChI is InChI=1S/C19H17N5O3/c1-26-14-5-2-4-13(10-14)16-7-8-18-21-17(12-24(18)23-16)22-19(25)20-11-15-6-3-9-27-15/h2-10,12H,11H2,1H3,(H2,20,22,25). The zero-order chi connectivity index (χ0) is 18.6. The number of hydrogen-bond donors (Lipinski definition) is 2. The second-order valence-electron chi connectivity index (χ2n) is 5.77. The van der Waals surface area contributed by atoms with Crippen molar-refractivity contribution >= 4 is 17.5 Å². The second kappa shape index (κ2) is 7.20. The van der Waals surface area contributed by atoms with Crippen LogP contribution >= 0.6 is 0 Å². The van der Waals surface area contributed by atoms with Crippen molar-refractivity contribution < 1.29 is 13.9 Å². The molecule has 0 atom stereocenters. The number of imidazole rings is 1. The first-order valence-corrected chi connectivity index (χ1v) is 8.29. The van der Waals surface area contributed by atoms with E-state index in [-0.39, 0.29) is 6.03 Å². The lowest BCUT2D eigenvalue weighted by Crippen LogP contribution is -2.28. The maximum atomic E-state index is 12.0. The van der Waals surface area contributed by atoms with E-state index in [9.17, 15) is 4.79 Å². The van der Waals surface area contributed by atoms with Gasteiger partial charge in [0.15, 0.2) is 11.5 Å². The quantitative estimate of drug-likeness (QED) is 0.567. The normalized spacial score (nSPS) is 10.7. The van der Waals surface area contributed by atoms with Crippen molar-refractivity contribution in [3.05, 3.63) is 66.8 Å². The van der Waals surface area contributed by atoms with Crippen LogP contribution in [0.4, 0.5) is 10.6 Å². The molecule has 1 aromatic carbocycles. The topological polar surface area (TPSA) is 93.7 Å². The Kier molecular flexibility index (Phi) is 4.44. The molecule has 136 valence electrons. The van der Waals surface area contributed by atoms with Crippen LogP contribution in [-0.4, -0.2) is 27.7 Å². The molecule has 3 aromatic heterocycles. The Bertz CT molecular complexity index is 1070. The third-order valence-corrected chi connectivity index (χ3v) is 3.93. The molecule has 0 unspecified atom stereocenters. The summed E-state index contributed by atoms with van der Waals surface area (Å²) in [5.74, 6) is 1.84. The molecule has 2 amide bonds. The summed E-state index contributed by atoms with van der Waals surface area (Å²) in [5.41, 5.74) is 2.33. The van der Waals surface area contributed by atoms with Gasteiger partial charge in [0.25, 0.3) is 0 Å². The lowest BCUT2D eigenvalue weighted by Gasteiger charge is -2.04. The first-order valence-electron chi connectivity index (χ1n) is 8.29. The van der Waals surface area contributed by atoms with Gasteiger partial charge in [-0.05, 0) is 36.4 Å². The number of fused-ring (bicyclic) bond motifs is 1. The Morgan fingerprint density at radius 1 is 1.22 bits per heavy atom. The van der Waals surface area contributed by atoms with Crippen molar-refractivity contribution in [2.45, 2.75) is 6.54 Å². The number of aromatic nitrogens is 3. The average molecular weight is 363 g/mol. The van der Waals surface area contributed by atoms with Gasteiger partial charge in [-0.25, -0.2) is 14.3 Å². The molecule has 8 heteroatoms. The fraction of sp³-hybridized carbons (Fsp3) is 0.105. The van der Waals surface area contributed by atoms with Crippen molar-refractivity contribution in [2.24, 2.45) is 0 Å². The van der Waals surface area contributed by atoms with Crippen LogP contribution < -0.4 is 15.4 Å². The molecule has 0 fully saturated rings. The molecule has 4 aromatic rings. The molecule has 27 heavy (non-hydrogen) atoms. The number of ether oxygens (including phenoxy) is 1. The molecule has 0 spiro atoms. The Balaban J connectivity index is 1.49. The van der Waals surface area contributed by atoms with Gasteiger partial charge in [-0.1, -0.05) is 12.1 Å². The fourth-order valence-electron chi connectivity index (χ4n) is 2.62. The number of furan rings is 1. The van der Waals surface area contributed by atoms with Crippen molar-refractivity contribution in [2.75, 3.05) is 12.4 Å². The summed E-state index contributed by atoms with van der Waals surface area (Å²) in [7, 11) is 1.63. The monoisotopic (exact) mass is 363 g/mol. The molecular weight excluding hydrogens is 346 g/mol. The number of anilines is 1. The van der Waals surface area contributed by atoms with Crippen LogP contribution in [0.15, 0.2) is 65.4 Å². The first kappa shape index (κ1) is 16.6. The summed E-state index contributed by atoms with van der Waals surface area (Å²) in [6, 6.07) is 14.5. The van der Waals surface area contributed by atoms with Gasteiger partial charge in [0.1, 0.15) is 11.5 Å². The Morgan fingerprint density at radius 3 is 2.96 bits per heavy atom. The summed E-state index contributed by atoms with van der Waals surface area (Å²) in [6.45, 7) is 0.296. The number of benzene rings is 1. The zero-order valence-corrected chi connectivity index (χ0v) is 14.5. The average Bonchev–Trinajstić information content (AvgIpc) is 3.35. The minimum absolute atomic E-state index is 0.296. The molecule has 0 aliphatic rings. The number of hydrogen-bond acceptors (Lipinski definition) is 5. The minimum atomic E-state index is -0.372. The van der Waals surface area contributed by atoms with E-state index in [2.05, 4.69) is 20.7 Å². The van der Waals surface area contributed by atoms with Crippen molar-refractivity contribution in [3.8, 4) is 17.0 Å². The number of rotatable bonds is 5. The number of nitrogens with one attached hydrogen (secondary N) is 2. The SMILES string of the molecule is COc1cccc(-c2ccc3nc(NC(=O)NCc4ccco4)cn3n2)c1. The van der Waals surface area contributed by atoms with Gasteiger partial charge in [-0.2, -0.15) is 5.10 Å². The van der Waals surface area contributed by atoms with Gasteiger partial charge < -0.3 is 14.5 Å². The Morgan fingerprint density at radius 2 is 2.15 bits per heavy atom. The van der Waals surface area contributed by atoms with Crippen LogP contribution in [0.25, 0.3) is 16.9 Å². The highest BCUT2D eigenvalue weighted by atomic mass is 16.5. The molecule has 0 saturated carbocycles. The number of methoxy groups -OCH3 is 1. The number of amides is 2. The minimum Gasteiger partial charge on any atom is -0.497 e. The predicted molar refractivity (Wildman–Crippen MR) is 99.5 cm³/mol. The highest BCUT2D eigenvalue weighted by molar-refractivity contribution is 5.88. The van der Waals surface area contributed by atoms with E-state index in [1.807, 2.05) is 36.4 Å². The van der Waals surface area contributed by atoms with Crippen molar-refractivity contribution in [3.63, 3.8) is 0 Å². The third kappa shape index (κ3) is 3.74. The van der Waals surface area contributed by atoms with Crippen molar-refractivity contribution in [1.29, 1.82) is 0 Å². The summed E-state index contributed by atoms with van der Waals surface area (Å²) < 4.78 is 12.0. The third-order valence-electron chi connectivity index (χ3n) is 3.93. The van der Waals surface area contributed by atoms with Crippen LogP contribution in [0.2, 0.25) is 0 Å². The number of carbonyl (C=O) groups excluding carboxylic acids is 1. The molecule has 0 aliphatic carbocycles. The van der Waals surface area contributed by atoms with Crippen LogP contribution in [0.5, 0.6) is 5.75 Å². The van der Waals surface area contributed by atoms with E-state index < -0.39 is 0 Å². The molecular formula is C19H17N5O3. The molecule has 3 heterocycles. The lowest BCUT2D eigenvalue weighted by atomic mass is 10.1.